The van der Waals surface area contributed by atoms with E-state index in [0.717, 1.165) is 0 Å². The number of halogens is 1. The molecule has 0 spiro atoms. The van der Waals surface area contributed by atoms with Gasteiger partial charge in [-0.05, 0) is 24.1 Å². The number of aliphatic hydroxyl groups excluding tert-OH is 2. The normalized spacial score (nSPS) is 14.4. The lowest BCUT2D eigenvalue weighted by atomic mass is 10.1. The van der Waals surface area contributed by atoms with Gasteiger partial charge in [0.1, 0.15) is 5.82 Å². The predicted octanol–water partition coefficient (Wildman–Crippen LogP) is 0.846. The maximum absolute atomic E-state index is 13.0. The summed E-state index contributed by atoms with van der Waals surface area (Å²) >= 11 is 0. The number of ether oxygens (including phenoxy) is 1. The van der Waals surface area contributed by atoms with Crippen LogP contribution in [-0.2, 0) is 4.74 Å². The van der Waals surface area contributed by atoms with Crippen molar-refractivity contribution in [2.24, 2.45) is 0 Å². The second-order valence-electron chi connectivity index (χ2n) is 4.14. The van der Waals surface area contributed by atoms with Gasteiger partial charge in [0.25, 0.3) is 0 Å². The fourth-order valence-electron chi connectivity index (χ4n) is 1.71. The first-order valence-corrected chi connectivity index (χ1v) is 5.94. The Hall–Kier alpha value is -1.01. The molecule has 0 bridgehead atoms. The summed E-state index contributed by atoms with van der Waals surface area (Å²) in [7, 11) is 1.58. The lowest BCUT2D eigenvalue weighted by molar-refractivity contribution is 0.126. The molecule has 0 aliphatic heterocycles. The minimum Gasteiger partial charge on any atom is -0.396 e. The van der Waals surface area contributed by atoms with Crippen molar-refractivity contribution in [3.05, 3.63) is 35.6 Å². The number of methoxy groups -OCH3 is 1. The van der Waals surface area contributed by atoms with Gasteiger partial charge in [0.2, 0.25) is 0 Å². The first-order chi connectivity index (χ1) is 8.67. The smallest absolute Gasteiger partial charge is 0.123 e. The molecule has 18 heavy (non-hydrogen) atoms. The summed E-state index contributed by atoms with van der Waals surface area (Å²) in [5.74, 6) is -0.365. The molecule has 4 nitrogen and oxygen atoms in total. The molecule has 0 heterocycles. The lowest BCUT2D eigenvalue weighted by Crippen LogP contribution is -2.36. The van der Waals surface area contributed by atoms with Gasteiger partial charge in [-0.25, -0.2) is 4.39 Å². The average molecular weight is 257 g/mol. The summed E-state index contributed by atoms with van der Waals surface area (Å²) in [6.45, 7) is 0.797. The highest BCUT2D eigenvalue weighted by atomic mass is 19.1. The van der Waals surface area contributed by atoms with Gasteiger partial charge in [-0.15, -0.1) is 0 Å². The van der Waals surface area contributed by atoms with E-state index in [-0.39, 0.29) is 25.0 Å². The number of aliphatic hydroxyl groups is 2. The van der Waals surface area contributed by atoms with Crippen molar-refractivity contribution < 1.29 is 19.3 Å². The van der Waals surface area contributed by atoms with Gasteiger partial charge in [0.05, 0.1) is 12.7 Å². The zero-order valence-corrected chi connectivity index (χ0v) is 10.5. The predicted molar refractivity (Wildman–Crippen MR) is 66.7 cm³/mol. The molecule has 0 saturated carbocycles. The van der Waals surface area contributed by atoms with Gasteiger partial charge in [-0.3, -0.25) is 0 Å². The van der Waals surface area contributed by atoms with E-state index < -0.39 is 6.10 Å². The molecule has 0 aliphatic rings. The molecule has 1 aromatic carbocycles. The zero-order chi connectivity index (χ0) is 13.4. The van der Waals surface area contributed by atoms with E-state index >= 15 is 0 Å². The minimum atomic E-state index is -0.779. The van der Waals surface area contributed by atoms with Gasteiger partial charge in [0.15, 0.2) is 0 Å². The Kier molecular flexibility index (Phi) is 6.82. The summed E-state index contributed by atoms with van der Waals surface area (Å²) < 4.78 is 18.0. The van der Waals surface area contributed by atoms with Crippen LogP contribution in [0, 0.1) is 5.82 Å². The number of nitrogens with one attached hydrogen (secondary N) is 1. The highest BCUT2D eigenvalue weighted by Gasteiger charge is 2.12. The van der Waals surface area contributed by atoms with Crippen LogP contribution in [0.2, 0.25) is 0 Å². The first kappa shape index (κ1) is 15.0. The second-order valence-corrected chi connectivity index (χ2v) is 4.14. The Balaban J connectivity index is 2.46. The van der Waals surface area contributed by atoms with Crippen molar-refractivity contribution in [1.82, 2.24) is 5.32 Å². The van der Waals surface area contributed by atoms with E-state index in [4.69, 9.17) is 9.84 Å². The molecule has 0 aromatic heterocycles. The molecule has 0 fully saturated rings. The van der Waals surface area contributed by atoms with Crippen molar-refractivity contribution >= 4 is 0 Å². The molecule has 102 valence electrons. The van der Waals surface area contributed by atoms with E-state index in [0.29, 0.717) is 18.6 Å². The van der Waals surface area contributed by atoms with Gasteiger partial charge in [-0.1, -0.05) is 12.1 Å². The molecule has 5 heteroatoms. The number of rotatable bonds is 8. The molecular formula is C13H20FNO3. The third-order valence-electron chi connectivity index (χ3n) is 2.68. The van der Waals surface area contributed by atoms with Crippen LogP contribution in [-0.4, -0.2) is 43.1 Å². The molecule has 1 rings (SSSR count). The van der Waals surface area contributed by atoms with Crippen molar-refractivity contribution in [3.63, 3.8) is 0 Å². The second kappa shape index (κ2) is 8.16. The van der Waals surface area contributed by atoms with Gasteiger partial charge < -0.3 is 20.3 Å². The molecule has 0 radical (unpaired) electrons. The van der Waals surface area contributed by atoms with Crippen LogP contribution in [0.15, 0.2) is 24.3 Å². The average Bonchev–Trinajstić information content (AvgIpc) is 2.36. The number of hydrogen-bond donors (Lipinski definition) is 3. The molecule has 0 aliphatic carbocycles. The van der Waals surface area contributed by atoms with Crippen molar-refractivity contribution in [2.45, 2.75) is 18.6 Å². The molecule has 2 atom stereocenters. The van der Waals surface area contributed by atoms with E-state index in [2.05, 4.69) is 5.32 Å². The Morgan fingerprint density at radius 1 is 1.44 bits per heavy atom. The minimum absolute atomic E-state index is 0.0248. The van der Waals surface area contributed by atoms with Crippen LogP contribution in [0.3, 0.4) is 0 Å². The molecule has 2 unspecified atom stereocenters. The largest absolute Gasteiger partial charge is 0.396 e. The summed E-state index contributed by atoms with van der Waals surface area (Å²) in [5, 5.41) is 21.9. The summed E-state index contributed by atoms with van der Waals surface area (Å²) in [5.41, 5.74) is 0.530. The Morgan fingerprint density at radius 3 is 2.83 bits per heavy atom. The standard InChI is InChI=1S/C13H20FNO3/c1-18-9-12(5-6-16)15-8-13(17)10-3-2-4-11(14)7-10/h2-4,7,12-13,15-17H,5-6,8-9H2,1H3. The monoisotopic (exact) mass is 257 g/mol. The van der Waals surface area contributed by atoms with Gasteiger partial charge in [0, 0.05) is 26.3 Å². The van der Waals surface area contributed by atoms with Crippen LogP contribution in [0.1, 0.15) is 18.1 Å². The van der Waals surface area contributed by atoms with Crippen molar-refractivity contribution in [1.29, 1.82) is 0 Å². The van der Waals surface area contributed by atoms with Crippen LogP contribution in [0.25, 0.3) is 0 Å². The fourth-order valence-corrected chi connectivity index (χ4v) is 1.71. The van der Waals surface area contributed by atoms with Gasteiger partial charge in [-0.2, -0.15) is 0 Å². The van der Waals surface area contributed by atoms with E-state index in [1.807, 2.05) is 0 Å². The van der Waals surface area contributed by atoms with Crippen molar-refractivity contribution in [2.75, 3.05) is 26.9 Å². The zero-order valence-electron chi connectivity index (χ0n) is 10.5. The first-order valence-electron chi connectivity index (χ1n) is 5.94. The number of hydrogen-bond acceptors (Lipinski definition) is 4. The van der Waals surface area contributed by atoms with Crippen molar-refractivity contribution in [3.8, 4) is 0 Å². The van der Waals surface area contributed by atoms with Crippen LogP contribution < -0.4 is 5.32 Å². The highest BCUT2D eigenvalue weighted by Crippen LogP contribution is 2.13. The highest BCUT2D eigenvalue weighted by molar-refractivity contribution is 5.18. The quantitative estimate of drug-likeness (QED) is 0.646. The molecule has 0 saturated heterocycles. The molecule has 0 amide bonds. The van der Waals surface area contributed by atoms with Crippen LogP contribution >= 0.6 is 0 Å². The summed E-state index contributed by atoms with van der Waals surface area (Å²) in [6, 6.07) is 5.86. The maximum atomic E-state index is 13.0. The Labute approximate surface area is 106 Å². The lowest BCUT2D eigenvalue weighted by Gasteiger charge is -2.19. The van der Waals surface area contributed by atoms with Crippen LogP contribution in [0.5, 0.6) is 0 Å². The summed E-state index contributed by atoms with van der Waals surface area (Å²) in [6.07, 6.45) is -0.234. The van der Waals surface area contributed by atoms with E-state index in [1.165, 1.54) is 12.1 Å². The Morgan fingerprint density at radius 2 is 2.22 bits per heavy atom. The fraction of sp³-hybridized carbons (Fsp3) is 0.538. The molecule has 1 aromatic rings. The molecular weight excluding hydrogens is 237 g/mol. The third-order valence-corrected chi connectivity index (χ3v) is 2.68. The SMILES string of the molecule is COCC(CCO)NCC(O)c1cccc(F)c1. The topological polar surface area (TPSA) is 61.7 Å². The summed E-state index contributed by atoms with van der Waals surface area (Å²) in [4.78, 5) is 0. The third kappa shape index (κ3) is 5.10. The maximum Gasteiger partial charge on any atom is 0.123 e. The molecule has 3 N–H and O–H groups in total. The van der Waals surface area contributed by atoms with E-state index in [9.17, 15) is 9.50 Å². The van der Waals surface area contributed by atoms with E-state index in [1.54, 1.807) is 19.2 Å². The van der Waals surface area contributed by atoms with Gasteiger partial charge >= 0.3 is 0 Å². The number of benzene rings is 1. The van der Waals surface area contributed by atoms with Crippen LogP contribution in [0.4, 0.5) is 4.39 Å². The Bertz CT molecular complexity index is 343.